The zero-order valence-electron chi connectivity index (χ0n) is 50.7. The molecule has 77 heavy (non-hydrogen) atoms. The number of carbonyl (C=O) groups excluding carboxylic acids is 3. The molecule has 0 aliphatic carbocycles. The Morgan fingerprint density at radius 1 is 0.273 bits per heavy atom. The molecule has 0 fully saturated rings. The number of unbranched alkanes of at least 4 members (excludes halogenated alkanes) is 32. The lowest BCUT2D eigenvalue weighted by molar-refractivity contribution is -0.167. The minimum Gasteiger partial charge on any atom is -0.462 e. The van der Waals surface area contributed by atoms with Crippen LogP contribution in [0.3, 0.4) is 0 Å². The van der Waals surface area contributed by atoms with Crippen LogP contribution in [0.1, 0.15) is 316 Å². The largest absolute Gasteiger partial charge is 0.462 e. The van der Waals surface area contributed by atoms with E-state index in [4.69, 9.17) is 14.2 Å². The van der Waals surface area contributed by atoms with E-state index in [1.165, 1.54) is 148 Å². The lowest BCUT2D eigenvalue weighted by atomic mass is 10.0. The SMILES string of the molecule is CC/C=C\C/C=C\C/C=C\C/C=C\C/C=C\CCCCCCCCCC(=O)OCC(COC(=O)CCCCCCC/C=C\C/C=C\CCC)OC(=O)CCCCCCCCCCCCC/C=C\CCCCCCCCCC. The first-order valence-corrected chi connectivity index (χ1v) is 32.7. The molecule has 442 valence electrons. The zero-order chi connectivity index (χ0) is 55.7. The Labute approximate surface area is 477 Å². The van der Waals surface area contributed by atoms with Crippen molar-refractivity contribution >= 4 is 17.9 Å². The number of esters is 3. The number of carbonyl (C=O) groups is 3. The molecule has 0 heterocycles. The molecule has 0 bridgehead atoms. The lowest BCUT2D eigenvalue weighted by Gasteiger charge is -2.18. The summed E-state index contributed by atoms with van der Waals surface area (Å²) in [5.41, 5.74) is 0. The van der Waals surface area contributed by atoms with E-state index in [1.54, 1.807) is 0 Å². The summed E-state index contributed by atoms with van der Waals surface area (Å²) in [7, 11) is 0. The van der Waals surface area contributed by atoms with Crippen molar-refractivity contribution in [3.05, 3.63) is 97.2 Å². The normalized spacial score (nSPS) is 12.7. The smallest absolute Gasteiger partial charge is 0.306 e. The first-order valence-electron chi connectivity index (χ1n) is 32.7. The van der Waals surface area contributed by atoms with Gasteiger partial charge in [0.2, 0.25) is 0 Å². The first-order chi connectivity index (χ1) is 38.0. The Bertz CT molecular complexity index is 1510. The summed E-state index contributed by atoms with van der Waals surface area (Å²) in [5.74, 6) is -0.902. The molecule has 0 radical (unpaired) electrons. The van der Waals surface area contributed by atoms with E-state index in [1.807, 2.05) is 0 Å². The number of ether oxygens (including phenoxy) is 3. The summed E-state index contributed by atoms with van der Waals surface area (Å²) in [6.45, 7) is 6.47. The molecule has 0 aliphatic heterocycles. The molecule has 1 unspecified atom stereocenters. The van der Waals surface area contributed by atoms with Crippen LogP contribution in [-0.2, 0) is 28.6 Å². The van der Waals surface area contributed by atoms with Crippen molar-refractivity contribution in [2.24, 2.45) is 0 Å². The second-order valence-electron chi connectivity index (χ2n) is 21.6. The predicted molar refractivity (Wildman–Crippen MR) is 334 cm³/mol. The van der Waals surface area contributed by atoms with Gasteiger partial charge in [-0.25, -0.2) is 0 Å². The third-order valence-corrected chi connectivity index (χ3v) is 14.0. The number of rotatable bonds is 59. The highest BCUT2D eigenvalue weighted by Crippen LogP contribution is 2.16. The summed E-state index contributed by atoms with van der Waals surface area (Å²) in [6.07, 6.45) is 87.0. The van der Waals surface area contributed by atoms with E-state index in [-0.39, 0.29) is 31.1 Å². The molecule has 1 atom stereocenters. The van der Waals surface area contributed by atoms with Crippen molar-refractivity contribution in [3.63, 3.8) is 0 Å². The zero-order valence-corrected chi connectivity index (χ0v) is 50.7. The van der Waals surface area contributed by atoms with Gasteiger partial charge < -0.3 is 14.2 Å². The van der Waals surface area contributed by atoms with Crippen LogP contribution in [0.25, 0.3) is 0 Å². The van der Waals surface area contributed by atoms with Crippen LogP contribution in [0, 0.1) is 0 Å². The number of allylic oxidation sites excluding steroid dienone is 16. The fourth-order valence-electron chi connectivity index (χ4n) is 9.15. The van der Waals surface area contributed by atoms with Crippen LogP contribution in [0.2, 0.25) is 0 Å². The highest BCUT2D eigenvalue weighted by atomic mass is 16.6. The molecule has 0 spiro atoms. The van der Waals surface area contributed by atoms with Crippen molar-refractivity contribution in [2.45, 2.75) is 322 Å². The molecule has 6 heteroatoms. The Kier molecular flexibility index (Phi) is 61.8. The Hall–Kier alpha value is -3.67. The van der Waals surface area contributed by atoms with E-state index in [9.17, 15) is 14.4 Å². The fraction of sp³-hybridized carbons (Fsp3) is 0.732. The Morgan fingerprint density at radius 3 is 0.857 bits per heavy atom. The average Bonchev–Trinajstić information content (AvgIpc) is 3.43. The van der Waals surface area contributed by atoms with Gasteiger partial charge in [0.05, 0.1) is 0 Å². The molecular formula is C71H122O6. The van der Waals surface area contributed by atoms with Crippen LogP contribution in [0.5, 0.6) is 0 Å². The molecule has 0 rings (SSSR count). The summed E-state index contributed by atoms with van der Waals surface area (Å²) >= 11 is 0. The minimum absolute atomic E-state index is 0.0876. The molecular weight excluding hydrogens is 949 g/mol. The molecule has 0 saturated carbocycles. The summed E-state index contributed by atoms with van der Waals surface area (Å²) in [6, 6.07) is 0. The highest BCUT2D eigenvalue weighted by Gasteiger charge is 2.19. The summed E-state index contributed by atoms with van der Waals surface area (Å²) in [4.78, 5) is 38.3. The minimum atomic E-state index is -0.791. The van der Waals surface area contributed by atoms with Crippen LogP contribution in [0.15, 0.2) is 97.2 Å². The summed E-state index contributed by atoms with van der Waals surface area (Å²) in [5, 5.41) is 0. The van der Waals surface area contributed by atoms with E-state index < -0.39 is 6.10 Å². The first kappa shape index (κ1) is 73.3. The van der Waals surface area contributed by atoms with Crippen LogP contribution in [0.4, 0.5) is 0 Å². The highest BCUT2D eigenvalue weighted by molar-refractivity contribution is 5.71. The van der Waals surface area contributed by atoms with E-state index in [0.29, 0.717) is 19.3 Å². The van der Waals surface area contributed by atoms with Crippen molar-refractivity contribution in [2.75, 3.05) is 13.2 Å². The molecule has 0 aromatic rings. The number of hydrogen-bond donors (Lipinski definition) is 0. The Balaban J connectivity index is 4.35. The standard InChI is InChI=1S/C71H122O6/c1-4-7-10-13-16-19-22-25-27-29-31-33-35-37-39-41-43-46-49-52-55-58-61-64-70(73)76-67-68(66-75-69(72)63-60-57-54-51-48-45-24-21-18-15-12-9-6-3)77-71(74)65-62-59-56-53-50-47-44-42-40-38-36-34-32-30-28-26-23-20-17-14-11-8-5-2/h7,10,12,15-16,19,21,24-25,27,30-33,37,39,68H,4-6,8-9,11,13-14,17-18,20,22-23,26,28-29,34-36,38,40-67H2,1-3H3/b10-7-,15-12-,19-16-,24-21-,27-25-,32-30-,33-31-,39-37-. The fourth-order valence-corrected chi connectivity index (χ4v) is 9.15. The maximum Gasteiger partial charge on any atom is 0.306 e. The van der Waals surface area contributed by atoms with Gasteiger partial charge in [0.1, 0.15) is 13.2 Å². The monoisotopic (exact) mass is 1070 g/mol. The average molecular weight is 1070 g/mol. The van der Waals surface area contributed by atoms with Crippen molar-refractivity contribution in [3.8, 4) is 0 Å². The van der Waals surface area contributed by atoms with Gasteiger partial charge >= 0.3 is 17.9 Å². The lowest BCUT2D eigenvalue weighted by Crippen LogP contribution is -2.30. The summed E-state index contributed by atoms with van der Waals surface area (Å²) < 4.78 is 16.9. The Morgan fingerprint density at radius 2 is 0.532 bits per heavy atom. The van der Waals surface area contributed by atoms with Gasteiger partial charge in [0.15, 0.2) is 6.10 Å². The third kappa shape index (κ3) is 63.0. The molecule has 0 saturated heterocycles. The maximum absolute atomic E-state index is 12.9. The van der Waals surface area contributed by atoms with Crippen LogP contribution in [-0.4, -0.2) is 37.2 Å². The van der Waals surface area contributed by atoms with Gasteiger partial charge in [-0.1, -0.05) is 279 Å². The topological polar surface area (TPSA) is 78.9 Å². The van der Waals surface area contributed by atoms with E-state index in [2.05, 4.69) is 118 Å². The van der Waals surface area contributed by atoms with Crippen LogP contribution >= 0.6 is 0 Å². The van der Waals surface area contributed by atoms with E-state index in [0.717, 1.165) is 128 Å². The number of hydrogen-bond acceptors (Lipinski definition) is 6. The van der Waals surface area contributed by atoms with Gasteiger partial charge in [-0.3, -0.25) is 14.4 Å². The molecule has 6 nitrogen and oxygen atoms in total. The second-order valence-corrected chi connectivity index (χ2v) is 21.6. The molecule has 0 amide bonds. The second kappa shape index (κ2) is 64.9. The molecule has 0 aromatic heterocycles. The third-order valence-electron chi connectivity index (χ3n) is 14.0. The van der Waals surface area contributed by atoms with Crippen LogP contribution < -0.4 is 0 Å². The van der Waals surface area contributed by atoms with Gasteiger partial charge in [0.25, 0.3) is 0 Å². The quantitative estimate of drug-likeness (QED) is 0.0261. The molecule has 0 aliphatic rings. The van der Waals surface area contributed by atoms with Gasteiger partial charge in [-0.05, 0) is 116 Å². The predicted octanol–water partition coefficient (Wildman–Crippen LogP) is 22.4. The van der Waals surface area contributed by atoms with Gasteiger partial charge in [0, 0.05) is 19.3 Å². The van der Waals surface area contributed by atoms with Crippen molar-refractivity contribution in [1.29, 1.82) is 0 Å². The van der Waals surface area contributed by atoms with Crippen molar-refractivity contribution < 1.29 is 28.6 Å². The van der Waals surface area contributed by atoms with Gasteiger partial charge in [-0.2, -0.15) is 0 Å². The van der Waals surface area contributed by atoms with Crippen molar-refractivity contribution in [1.82, 2.24) is 0 Å². The maximum atomic E-state index is 12.9. The molecule has 0 aromatic carbocycles. The van der Waals surface area contributed by atoms with E-state index >= 15 is 0 Å². The van der Waals surface area contributed by atoms with Gasteiger partial charge in [-0.15, -0.1) is 0 Å². The molecule has 0 N–H and O–H groups in total.